The Bertz CT molecular complexity index is 698. The molecule has 6 heteroatoms. The molecule has 0 amide bonds. The molecule has 0 bridgehead atoms. The lowest BCUT2D eigenvalue weighted by Crippen LogP contribution is -2.47. The highest BCUT2D eigenvalue weighted by atomic mass is 16.7. The van der Waals surface area contributed by atoms with Crippen LogP contribution in [0.1, 0.15) is 44.1 Å². The second kappa shape index (κ2) is 6.43. The summed E-state index contributed by atoms with van der Waals surface area (Å²) >= 11 is 0. The van der Waals surface area contributed by atoms with E-state index in [1.54, 1.807) is 0 Å². The van der Waals surface area contributed by atoms with Gasteiger partial charge in [-0.2, -0.15) is 0 Å². The minimum Gasteiger partial charge on any atom is -0.371 e. The van der Waals surface area contributed by atoms with Gasteiger partial charge in [0.1, 0.15) is 0 Å². The fraction of sp³-hybridized carbons (Fsp3) is 0.650. The molecule has 0 atom stereocenters. The fourth-order valence-corrected chi connectivity index (χ4v) is 4.91. The number of hydrogen-bond donors (Lipinski definition) is 1. The summed E-state index contributed by atoms with van der Waals surface area (Å²) in [6.45, 7) is 4.08. The number of guanidine groups is 1. The van der Waals surface area contributed by atoms with Crippen molar-refractivity contribution < 1.29 is 9.47 Å². The number of anilines is 2. The van der Waals surface area contributed by atoms with E-state index in [9.17, 15) is 0 Å². The first-order valence-electron chi connectivity index (χ1n) is 9.99. The van der Waals surface area contributed by atoms with Crippen molar-refractivity contribution in [3.05, 3.63) is 23.8 Å². The molecule has 0 aromatic heterocycles. The van der Waals surface area contributed by atoms with E-state index in [0.717, 1.165) is 39.1 Å². The number of ether oxygens (including phenoxy) is 2. The maximum atomic E-state index is 6.31. The molecule has 1 spiro atoms. The van der Waals surface area contributed by atoms with Gasteiger partial charge >= 0.3 is 0 Å². The zero-order valence-electron chi connectivity index (χ0n) is 15.3. The summed E-state index contributed by atoms with van der Waals surface area (Å²) in [5.41, 5.74) is 10.1. The Morgan fingerprint density at radius 1 is 1.08 bits per heavy atom. The Morgan fingerprint density at radius 3 is 2.54 bits per heavy atom. The SMILES string of the molecule is NC1=NCc2ccc(N3CCC4(CC3)OCCO4)cc2N1C1CCCC1. The summed E-state index contributed by atoms with van der Waals surface area (Å²) in [7, 11) is 0. The van der Waals surface area contributed by atoms with Gasteiger partial charge in [-0.05, 0) is 30.5 Å². The van der Waals surface area contributed by atoms with Crippen LogP contribution in [0, 0.1) is 0 Å². The van der Waals surface area contributed by atoms with E-state index in [4.69, 9.17) is 15.2 Å². The van der Waals surface area contributed by atoms with Crippen molar-refractivity contribution in [2.24, 2.45) is 10.7 Å². The molecular formula is C20H28N4O2. The molecule has 1 aromatic carbocycles. The van der Waals surface area contributed by atoms with E-state index in [1.807, 2.05) is 0 Å². The number of nitrogens with zero attached hydrogens (tertiary/aromatic N) is 3. The number of aliphatic imine (C=N–C) groups is 1. The van der Waals surface area contributed by atoms with Gasteiger partial charge in [-0.25, -0.2) is 4.99 Å². The minimum absolute atomic E-state index is 0.322. The number of nitrogens with two attached hydrogens (primary N) is 1. The molecule has 140 valence electrons. The highest BCUT2D eigenvalue weighted by Crippen LogP contribution is 2.38. The lowest BCUT2D eigenvalue weighted by Gasteiger charge is -2.40. The average Bonchev–Trinajstić information content (AvgIpc) is 3.34. The predicted octanol–water partition coefficient (Wildman–Crippen LogP) is 2.61. The van der Waals surface area contributed by atoms with Crippen LogP contribution in [-0.4, -0.2) is 44.1 Å². The molecule has 1 saturated carbocycles. The van der Waals surface area contributed by atoms with Crippen molar-refractivity contribution in [2.75, 3.05) is 36.1 Å². The predicted molar refractivity (Wildman–Crippen MR) is 103 cm³/mol. The molecule has 3 aliphatic heterocycles. The van der Waals surface area contributed by atoms with Crippen LogP contribution in [0.4, 0.5) is 11.4 Å². The van der Waals surface area contributed by atoms with Gasteiger partial charge in [0.15, 0.2) is 11.7 Å². The van der Waals surface area contributed by atoms with Crippen LogP contribution in [0.5, 0.6) is 0 Å². The van der Waals surface area contributed by atoms with Crippen molar-refractivity contribution in [1.82, 2.24) is 0 Å². The maximum absolute atomic E-state index is 6.31. The molecule has 1 aliphatic carbocycles. The standard InChI is InChI=1S/C20H28N4O2/c21-19-22-14-15-5-6-17(13-18(15)24(19)16-3-1-2-4-16)23-9-7-20(8-10-23)25-11-12-26-20/h5-6,13,16H,1-4,7-12,14H2,(H2,21,22). The molecule has 1 aromatic rings. The van der Waals surface area contributed by atoms with Crippen molar-refractivity contribution >= 4 is 17.3 Å². The van der Waals surface area contributed by atoms with E-state index in [1.165, 1.54) is 42.6 Å². The second-order valence-electron chi connectivity index (χ2n) is 7.89. The van der Waals surface area contributed by atoms with Gasteiger partial charge in [0.05, 0.1) is 25.4 Å². The zero-order valence-corrected chi connectivity index (χ0v) is 15.3. The largest absolute Gasteiger partial charge is 0.371 e. The van der Waals surface area contributed by atoms with E-state index >= 15 is 0 Å². The first-order chi connectivity index (χ1) is 12.7. The molecule has 3 fully saturated rings. The second-order valence-corrected chi connectivity index (χ2v) is 7.89. The Labute approximate surface area is 154 Å². The lowest BCUT2D eigenvalue weighted by atomic mass is 10.0. The molecule has 0 radical (unpaired) electrons. The fourth-order valence-electron chi connectivity index (χ4n) is 4.91. The Morgan fingerprint density at radius 2 is 1.81 bits per heavy atom. The summed E-state index contributed by atoms with van der Waals surface area (Å²) in [4.78, 5) is 9.31. The lowest BCUT2D eigenvalue weighted by molar-refractivity contribution is -0.169. The molecule has 5 rings (SSSR count). The maximum Gasteiger partial charge on any atom is 0.196 e. The third kappa shape index (κ3) is 2.76. The highest BCUT2D eigenvalue weighted by Gasteiger charge is 2.40. The molecule has 2 saturated heterocycles. The first kappa shape index (κ1) is 16.4. The summed E-state index contributed by atoms with van der Waals surface area (Å²) in [5.74, 6) is 0.365. The zero-order chi connectivity index (χ0) is 17.6. The van der Waals surface area contributed by atoms with E-state index in [2.05, 4.69) is 33.0 Å². The highest BCUT2D eigenvalue weighted by molar-refractivity contribution is 5.98. The van der Waals surface area contributed by atoms with Gasteiger partial charge in [0.25, 0.3) is 0 Å². The average molecular weight is 356 g/mol. The molecule has 3 heterocycles. The van der Waals surface area contributed by atoms with Crippen molar-refractivity contribution in [3.63, 3.8) is 0 Å². The smallest absolute Gasteiger partial charge is 0.196 e. The van der Waals surface area contributed by atoms with E-state index < -0.39 is 0 Å². The van der Waals surface area contributed by atoms with Crippen LogP contribution in [0.2, 0.25) is 0 Å². The van der Waals surface area contributed by atoms with E-state index in [0.29, 0.717) is 18.5 Å². The quantitative estimate of drug-likeness (QED) is 0.882. The number of hydrogen-bond acceptors (Lipinski definition) is 6. The van der Waals surface area contributed by atoms with Crippen LogP contribution in [0.15, 0.2) is 23.2 Å². The van der Waals surface area contributed by atoms with Crippen LogP contribution in [-0.2, 0) is 16.0 Å². The normalized spacial score (nSPS) is 25.6. The minimum atomic E-state index is -0.322. The van der Waals surface area contributed by atoms with Gasteiger partial charge < -0.3 is 25.0 Å². The first-order valence-corrected chi connectivity index (χ1v) is 9.99. The van der Waals surface area contributed by atoms with E-state index in [-0.39, 0.29) is 5.79 Å². The third-order valence-electron chi connectivity index (χ3n) is 6.38. The number of benzene rings is 1. The molecule has 4 aliphatic rings. The van der Waals surface area contributed by atoms with Gasteiger partial charge in [0.2, 0.25) is 0 Å². The van der Waals surface area contributed by atoms with Crippen molar-refractivity contribution in [3.8, 4) is 0 Å². The van der Waals surface area contributed by atoms with Gasteiger partial charge in [-0.3, -0.25) is 0 Å². The van der Waals surface area contributed by atoms with Crippen LogP contribution in [0.3, 0.4) is 0 Å². The Kier molecular flexibility index (Phi) is 4.05. The van der Waals surface area contributed by atoms with Crippen LogP contribution in [0.25, 0.3) is 0 Å². The monoisotopic (exact) mass is 356 g/mol. The molecule has 6 nitrogen and oxygen atoms in total. The summed E-state index contributed by atoms with van der Waals surface area (Å²) in [6.07, 6.45) is 6.86. The summed E-state index contributed by atoms with van der Waals surface area (Å²) < 4.78 is 11.7. The number of rotatable bonds is 2. The van der Waals surface area contributed by atoms with Crippen molar-refractivity contribution in [1.29, 1.82) is 0 Å². The van der Waals surface area contributed by atoms with Gasteiger partial charge in [-0.15, -0.1) is 0 Å². The molecule has 2 N–H and O–H groups in total. The third-order valence-corrected chi connectivity index (χ3v) is 6.38. The number of piperidine rings is 1. The Hall–Kier alpha value is -1.79. The van der Waals surface area contributed by atoms with Crippen molar-refractivity contribution in [2.45, 2.75) is 56.9 Å². The molecule has 0 unspecified atom stereocenters. The summed E-state index contributed by atoms with van der Waals surface area (Å²) in [6, 6.07) is 7.29. The number of fused-ring (bicyclic) bond motifs is 1. The topological polar surface area (TPSA) is 63.3 Å². The van der Waals surface area contributed by atoms with Gasteiger partial charge in [-0.1, -0.05) is 18.9 Å². The summed E-state index contributed by atoms with van der Waals surface area (Å²) in [5, 5.41) is 0. The van der Waals surface area contributed by atoms with Gasteiger partial charge in [0, 0.05) is 37.7 Å². The molecule has 26 heavy (non-hydrogen) atoms. The molecular weight excluding hydrogens is 328 g/mol. The van der Waals surface area contributed by atoms with Crippen LogP contribution < -0.4 is 15.5 Å². The van der Waals surface area contributed by atoms with Crippen LogP contribution >= 0.6 is 0 Å². The Balaban J connectivity index is 1.39.